The highest BCUT2D eigenvalue weighted by molar-refractivity contribution is 7.13. The van der Waals surface area contributed by atoms with E-state index in [1.165, 1.54) is 23.8 Å². The van der Waals surface area contributed by atoms with Crippen LogP contribution in [0.25, 0.3) is 0 Å². The molecule has 2 rings (SSSR count). The molecule has 1 aromatic carbocycles. The Labute approximate surface area is 129 Å². The molecular weight excluding hydrogens is 284 g/mol. The van der Waals surface area contributed by atoms with Crippen molar-refractivity contribution in [1.82, 2.24) is 4.98 Å². The Morgan fingerprint density at radius 1 is 1.43 bits per heavy atom. The van der Waals surface area contributed by atoms with E-state index in [0.717, 1.165) is 17.3 Å². The molecular formula is C16H20N2O2S. The van der Waals surface area contributed by atoms with Gasteiger partial charge < -0.3 is 9.64 Å². The Morgan fingerprint density at radius 2 is 2.14 bits per heavy atom. The van der Waals surface area contributed by atoms with Crippen molar-refractivity contribution in [2.24, 2.45) is 0 Å². The molecule has 1 atom stereocenters. The van der Waals surface area contributed by atoms with E-state index in [4.69, 9.17) is 4.74 Å². The lowest BCUT2D eigenvalue weighted by atomic mass is 10.1. The number of carbonyl (C=O) groups is 1. The molecule has 0 amide bonds. The molecule has 0 saturated heterocycles. The first-order valence-corrected chi connectivity index (χ1v) is 7.72. The second kappa shape index (κ2) is 6.72. The average molecular weight is 304 g/mol. The SMILES string of the molecule is COc1ccccc1CC(C)N(C)c1nc(C(C)=O)cs1. The fourth-order valence-corrected chi connectivity index (χ4v) is 3.04. The molecule has 112 valence electrons. The highest BCUT2D eigenvalue weighted by atomic mass is 32.1. The molecule has 0 aliphatic carbocycles. The monoisotopic (exact) mass is 304 g/mol. The van der Waals surface area contributed by atoms with Gasteiger partial charge in [0, 0.05) is 25.4 Å². The summed E-state index contributed by atoms with van der Waals surface area (Å²) in [6, 6.07) is 8.29. The van der Waals surface area contributed by atoms with E-state index in [-0.39, 0.29) is 11.8 Å². The summed E-state index contributed by atoms with van der Waals surface area (Å²) in [6.45, 7) is 3.68. The second-order valence-electron chi connectivity index (χ2n) is 5.05. The van der Waals surface area contributed by atoms with E-state index in [1.807, 2.05) is 30.6 Å². The first-order chi connectivity index (χ1) is 10.0. The summed E-state index contributed by atoms with van der Waals surface area (Å²) < 4.78 is 5.39. The van der Waals surface area contributed by atoms with Crippen molar-refractivity contribution in [3.63, 3.8) is 0 Å². The molecule has 2 aromatic rings. The Balaban J connectivity index is 2.11. The lowest BCUT2D eigenvalue weighted by Crippen LogP contribution is -2.30. The number of Topliss-reactive ketones (excluding diaryl/α,β-unsaturated/α-hetero) is 1. The van der Waals surface area contributed by atoms with Gasteiger partial charge in [-0.1, -0.05) is 18.2 Å². The van der Waals surface area contributed by atoms with Crippen molar-refractivity contribution < 1.29 is 9.53 Å². The van der Waals surface area contributed by atoms with Crippen LogP contribution in [0.3, 0.4) is 0 Å². The highest BCUT2D eigenvalue weighted by Crippen LogP contribution is 2.25. The zero-order valence-electron chi connectivity index (χ0n) is 12.8. The van der Waals surface area contributed by atoms with Crippen molar-refractivity contribution in [2.45, 2.75) is 26.3 Å². The van der Waals surface area contributed by atoms with Crippen LogP contribution in [0.5, 0.6) is 5.75 Å². The van der Waals surface area contributed by atoms with Crippen molar-refractivity contribution in [3.8, 4) is 5.75 Å². The van der Waals surface area contributed by atoms with Crippen LogP contribution in [0.4, 0.5) is 5.13 Å². The number of rotatable bonds is 6. The summed E-state index contributed by atoms with van der Waals surface area (Å²) in [5.74, 6) is 0.907. The molecule has 5 heteroatoms. The van der Waals surface area contributed by atoms with Gasteiger partial charge in [0.15, 0.2) is 10.9 Å². The van der Waals surface area contributed by atoms with E-state index < -0.39 is 0 Å². The van der Waals surface area contributed by atoms with E-state index in [1.54, 1.807) is 7.11 Å². The maximum Gasteiger partial charge on any atom is 0.185 e. The Hall–Kier alpha value is -1.88. The first kappa shape index (κ1) is 15.5. The van der Waals surface area contributed by atoms with Crippen LogP contribution in [-0.2, 0) is 6.42 Å². The molecule has 0 fully saturated rings. The zero-order chi connectivity index (χ0) is 15.4. The quantitative estimate of drug-likeness (QED) is 0.767. The zero-order valence-corrected chi connectivity index (χ0v) is 13.6. The number of ether oxygens (including phenoxy) is 1. The summed E-state index contributed by atoms with van der Waals surface area (Å²) in [7, 11) is 3.69. The van der Waals surface area contributed by atoms with Gasteiger partial charge >= 0.3 is 0 Å². The van der Waals surface area contributed by atoms with E-state index >= 15 is 0 Å². The maximum absolute atomic E-state index is 11.3. The molecule has 1 unspecified atom stereocenters. The number of aromatic nitrogens is 1. The number of thiazole rings is 1. The van der Waals surface area contributed by atoms with E-state index in [2.05, 4.69) is 22.9 Å². The van der Waals surface area contributed by atoms with E-state index in [0.29, 0.717) is 5.69 Å². The van der Waals surface area contributed by atoms with E-state index in [9.17, 15) is 4.79 Å². The van der Waals surface area contributed by atoms with Gasteiger partial charge in [-0.15, -0.1) is 11.3 Å². The van der Waals surface area contributed by atoms with Crippen LogP contribution < -0.4 is 9.64 Å². The van der Waals surface area contributed by atoms with Gasteiger partial charge in [0.25, 0.3) is 0 Å². The van der Waals surface area contributed by atoms with Gasteiger partial charge in [-0.3, -0.25) is 4.79 Å². The molecule has 1 aromatic heterocycles. The maximum atomic E-state index is 11.3. The van der Waals surface area contributed by atoms with Gasteiger partial charge in [0.05, 0.1) is 7.11 Å². The topological polar surface area (TPSA) is 42.4 Å². The van der Waals surface area contributed by atoms with Gasteiger partial charge in [-0.25, -0.2) is 4.98 Å². The number of methoxy groups -OCH3 is 1. The number of benzene rings is 1. The van der Waals surface area contributed by atoms with Crippen LogP contribution in [0, 0.1) is 0 Å². The third-order valence-corrected chi connectivity index (χ3v) is 4.45. The van der Waals surface area contributed by atoms with Crippen LogP contribution in [0.1, 0.15) is 29.9 Å². The summed E-state index contributed by atoms with van der Waals surface area (Å²) in [6.07, 6.45) is 0.857. The summed E-state index contributed by atoms with van der Waals surface area (Å²) >= 11 is 1.50. The van der Waals surface area contributed by atoms with Crippen LogP contribution in [-0.4, -0.2) is 31.0 Å². The molecule has 4 nitrogen and oxygen atoms in total. The normalized spacial score (nSPS) is 12.0. The molecule has 0 radical (unpaired) electrons. The summed E-state index contributed by atoms with van der Waals surface area (Å²) in [5.41, 5.74) is 1.70. The molecule has 0 bridgehead atoms. The first-order valence-electron chi connectivity index (χ1n) is 6.84. The minimum atomic E-state index is 0.00304. The number of ketones is 1. The third kappa shape index (κ3) is 3.61. The van der Waals surface area contributed by atoms with Gasteiger partial charge in [-0.05, 0) is 25.0 Å². The van der Waals surface area contributed by atoms with Gasteiger partial charge in [-0.2, -0.15) is 0 Å². The number of hydrogen-bond donors (Lipinski definition) is 0. The van der Waals surface area contributed by atoms with Crippen LogP contribution in [0.15, 0.2) is 29.6 Å². The molecule has 0 saturated carbocycles. The number of para-hydroxylation sites is 1. The molecule has 0 aliphatic heterocycles. The fourth-order valence-electron chi connectivity index (χ4n) is 2.10. The molecule has 1 heterocycles. The number of likely N-dealkylation sites (N-methyl/N-ethyl adjacent to an activating group) is 1. The third-order valence-electron chi connectivity index (χ3n) is 3.52. The average Bonchev–Trinajstić information content (AvgIpc) is 2.97. The Kier molecular flexibility index (Phi) is 4.96. The number of hydrogen-bond acceptors (Lipinski definition) is 5. The summed E-state index contributed by atoms with van der Waals surface area (Å²) in [4.78, 5) is 17.8. The van der Waals surface area contributed by atoms with Crippen molar-refractivity contribution in [3.05, 3.63) is 40.9 Å². The minimum Gasteiger partial charge on any atom is -0.496 e. The van der Waals surface area contributed by atoms with Gasteiger partial charge in [0.1, 0.15) is 11.4 Å². The lowest BCUT2D eigenvalue weighted by Gasteiger charge is -2.25. The lowest BCUT2D eigenvalue weighted by molar-refractivity contribution is 0.101. The molecule has 21 heavy (non-hydrogen) atoms. The molecule has 0 N–H and O–H groups in total. The van der Waals surface area contributed by atoms with Crippen molar-refractivity contribution in [1.29, 1.82) is 0 Å². The molecule has 0 spiro atoms. The molecule has 0 aliphatic rings. The van der Waals surface area contributed by atoms with Crippen molar-refractivity contribution in [2.75, 3.05) is 19.1 Å². The van der Waals surface area contributed by atoms with Crippen LogP contribution >= 0.6 is 11.3 Å². The highest BCUT2D eigenvalue weighted by Gasteiger charge is 2.16. The van der Waals surface area contributed by atoms with Crippen LogP contribution in [0.2, 0.25) is 0 Å². The fraction of sp³-hybridized carbons (Fsp3) is 0.375. The largest absolute Gasteiger partial charge is 0.496 e. The summed E-state index contributed by atoms with van der Waals surface area (Å²) in [5, 5.41) is 2.67. The standard InChI is InChI=1S/C16H20N2O2S/c1-11(9-13-7-5-6-8-15(13)20-4)18(3)16-17-14(10-21-16)12(2)19/h5-8,10-11H,9H2,1-4H3. The smallest absolute Gasteiger partial charge is 0.185 e. The predicted molar refractivity (Wildman–Crippen MR) is 86.7 cm³/mol. The number of carbonyl (C=O) groups excluding carboxylic acids is 1. The minimum absolute atomic E-state index is 0.00304. The predicted octanol–water partition coefficient (Wildman–Crippen LogP) is 3.42. The Bertz CT molecular complexity index is 624. The van der Waals surface area contributed by atoms with Gasteiger partial charge in [0.2, 0.25) is 0 Å². The van der Waals surface area contributed by atoms with Crippen molar-refractivity contribution >= 4 is 22.3 Å². The Morgan fingerprint density at radius 3 is 2.76 bits per heavy atom. The second-order valence-corrected chi connectivity index (χ2v) is 5.88. The number of nitrogens with zero attached hydrogens (tertiary/aromatic N) is 2. The number of anilines is 1.